The Balaban J connectivity index is 2.55. The molecule has 2 rings (SSSR count). The quantitative estimate of drug-likeness (QED) is 0.424. The molecular weight excluding hydrogens is 372 g/mol. The van der Waals surface area contributed by atoms with Crippen molar-refractivity contribution in [2.45, 2.75) is 25.7 Å². The molecule has 8 nitrogen and oxygen atoms in total. The van der Waals surface area contributed by atoms with E-state index in [0.29, 0.717) is 11.1 Å². The highest BCUT2D eigenvalue weighted by Gasteiger charge is 2.27. The van der Waals surface area contributed by atoms with Gasteiger partial charge >= 0.3 is 5.97 Å². The molecule has 0 saturated heterocycles. The first-order valence-corrected chi connectivity index (χ1v) is 9.55. The molecule has 0 N–H and O–H groups in total. The number of sulfonamides is 1. The van der Waals surface area contributed by atoms with Gasteiger partial charge in [-0.25, -0.2) is 13.2 Å². The average Bonchev–Trinajstić information content (AvgIpc) is 2.61. The van der Waals surface area contributed by atoms with Gasteiger partial charge in [-0.2, -0.15) is 0 Å². The lowest BCUT2D eigenvalue weighted by Gasteiger charge is -2.23. The van der Waals surface area contributed by atoms with Gasteiger partial charge in [0.15, 0.2) is 0 Å². The van der Waals surface area contributed by atoms with E-state index < -0.39 is 20.9 Å². The van der Waals surface area contributed by atoms with Crippen LogP contribution in [0.2, 0.25) is 0 Å². The van der Waals surface area contributed by atoms with Crippen LogP contribution < -0.4 is 4.31 Å². The van der Waals surface area contributed by atoms with Crippen LogP contribution in [0.5, 0.6) is 0 Å². The van der Waals surface area contributed by atoms with Crippen LogP contribution in [0.3, 0.4) is 0 Å². The van der Waals surface area contributed by atoms with Crippen molar-refractivity contribution >= 4 is 27.4 Å². The van der Waals surface area contributed by atoms with Gasteiger partial charge in [-0.3, -0.25) is 14.4 Å². The third kappa shape index (κ3) is 4.08. The Morgan fingerprint density at radius 3 is 2.37 bits per heavy atom. The lowest BCUT2D eigenvalue weighted by Crippen LogP contribution is -2.28. The number of carbonyl (C=O) groups is 1. The smallest absolute Gasteiger partial charge is 0.338 e. The second-order valence-electron chi connectivity index (χ2n) is 5.90. The molecule has 2 aromatic rings. The number of ether oxygens (including phenoxy) is 1. The third-order valence-electron chi connectivity index (χ3n) is 4.08. The first kappa shape index (κ1) is 20.4. The minimum atomic E-state index is -4.08. The molecule has 2 aromatic carbocycles. The molecule has 0 spiro atoms. The number of nitrogens with zero attached hydrogens (tertiary/aromatic N) is 2. The summed E-state index contributed by atoms with van der Waals surface area (Å²) in [6, 6.07) is 8.27. The summed E-state index contributed by atoms with van der Waals surface area (Å²) in [5.74, 6) is -0.559. The normalized spacial score (nSPS) is 11.1. The van der Waals surface area contributed by atoms with Gasteiger partial charge in [0.25, 0.3) is 15.7 Å². The van der Waals surface area contributed by atoms with Crippen molar-refractivity contribution in [2.24, 2.45) is 0 Å². The van der Waals surface area contributed by atoms with Crippen molar-refractivity contribution < 1.29 is 22.9 Å². The van der Waals surface area contributed by atoms with Gasteiger partial charge in [-0.15, -0.1) is 0 Å². The number of hydrogen-bond donors (Lipinski definition) is 0. The van der Waals surface area contributed by atoms with Gasteiger partial charge in [0.05, 0.1) is 27.7 Å². The maximum Gasteiger partial charge on any atom is 0.338 e. The molecule has 0 radical (unpaired) electrons. The average molecular weight is 392 g/mol. The summed E-state index contributed by atoms with van der Waals surface area (Å²) < 4.78 is 32.1. The van der Waals surface area contributed by atoms with E-state index in [-0.39, 0.29) is 28.4 Å². The first-order valence-electron chi connectivity index (χ1n) is 8.11. The monoisotopic (exact) mass is 392 g/mol. The number of nitro benzene ring substituents is 1. The molecule has 0 unspecified atom stereocenters. The van der Waals surface area contributed by atoms with E-state index in [2.05, 4.69) is 0 Å². The number of rotatable bonds is 6. The van der Waals surface area contributed by atoms with Gasteiger partial charge in [0.2, 0.25) is 0 Å². The van der Waals surface area contributed by atoms with Gasteiger partial charge in [0, 0.05) is 19.2 Å². The predicted octanol–water partition coefficient (Wildman–Crippen LogP) is 3.21. The van der Waals surface area contributed by atoms with Crippen LogP contribution in [-0.4, -0.2) is 33.0 Å². The molecule has 0 atom stereocenters. The number of hydrogen-bond acceptors (Lipinski definition) is 6. The Kier molecular flexibility index (Phi) is 5.85. The molecule has 0 amide bonds. The van der Waals surface area contributed by atoms with Gasteiger partial charge in [-0.1, -0.05) is 12.1 Å². The summed E-state index contributed by atoms with van der Waals surface area (Å²) >= 11 is 0. The summed E-state index contributed by atoms with van der Waals surface area (Å²) in [6.07, 6.45) is 0. The fourth-order valence-electron chi connectivity index (χ4n) is 2.55. The molecule has 0 aromatic heterocycles. The van der Waals surface area contributed by atoms with Gasteiger partial charge < -0.3 is 4.74 Å². The summed E-state index contributed by atoms with van der Waals surface area (Å²) in [5.41, 5.74) is 1.19. The number of nitro groups is 1. The van der Waals surface area contributed by atoms with Crippen LogP contribution in [0.25, 0.3) is 0 Å². The van der Waals surface area contributed by atoms with Gasteiger partial charge in [-0.05, 0) is 44.0 Å². The van der Waals surface area contributed by atoms with Crippen molar-refractivity contribution in [1.82, 2.24) is 0 Å². The highest BCUT2D eigenvalue weighted by molar-refractivity contribution is 7.92. The minimum Gasteiger partial charge on any atom is -0.462 e. The van der Waals surface area contributed by atoms with E-state index in [1.54, 1.807) is 32.9 Å². The van der Waals surface area contributed by atoms with E-state index in [0.717, 1.165) is 10.4 Å². The molecule has 0 saturated carbocycles. The number of benzene rings is 2. The lowest BCUT2D eigenvalue weighted by atomic mass is 10.1. The number of non-ortho nitro benzene ring substituents is 1. The minimum absolute atomic E-state index is 0.167. The van der Waals surface area contributed by atoms with E-state index in [1.165, 1.54) is 25.2 Å². The van der Waals surface area contributed by atoms with E-state index >= 15 is 0 Å². The molecule has 27 heavy (non-hydrogen) atoms. The summed E-state index contributed by atoms with van der Waals surface area (Å²) in [6.45, 7) is 5.14. The van der Waals surface area contributed by atoms with Crippen LogP contribution >= 0.6 is 0 Å². The zero-order valence-corrected chi connectivity index (χ0v) is 16.2. The maximum atomic E-state index is 13.1. The Morgan fingerprint density at radius 2 is 1.78 bits per heavy atom. The van der Waals surface area contributed by atoms with Crippen LogP contribution in [0.1, 0.15) is 28.4 Å². The molecule has 144 valence electrons. The van der Waals surface area contributed by atoms with Crippen LogP contribution in [0, 0.1) is 24.0 Å². The molecule has 0 aliphatic carbocycles. The van der Waals surface area contributed by atoms with E-state index in [1.807, 2.05) is 0 Å². The number of carbonyl (C=O) groups excluding carboxylic acids is 1. The largest absolute Gasteiger partial charge is 0.462 e. The Morgan fingerprint density at radius 1 is 1.15 bits per heavy atom. The van der Waals surface area contributed by atoms with Crippen LogP contribution in [0.4, 0.5) is 11.4 Å². The molecule has 0 heterocycles. The molecule has 0 fully saturated rings. The highest BCUT2D eigenvalue weighted by Crippen LogP contribution is 2.30. The van der Waals surface area contributed by atoms with Crippen LogP contribution in [0.15, 0.2) is 41.3 Å². The Labute approximate surface area is 157 Å². The number of esters is 1. The Bertz CT molecular complexity index is 1000. The van der Waals surface area contributed by atoms with Crippen molar-refractivity contribution in [1.29, 1.82) is 0 Å². The zero-order valence-electron chi connectivity index (χ0n) is 15.4. The summed E-state index contributed by atoms with van der Waals surface area (Å²) in [4.78, 5) is 22.2. The van der Waals surface area contributed by atoms with E-state index in [4.69, 9.17) is 4.74 Å². The molecule has 0 bridgehead atoms. The van der Waals surface area contributed by atoms with Crippen molar-refractivity contribution in [3.05, 3.63) is 63.2 Å². The van der Waals surface area contributed by atoms with Crippen molar-refractivity contribution in [2.75, 3.05) is 18.0 Å². The number of anilines is 1. The maximum absolute atomic E-state index is 13.1. The van der Waals surface area contributed by atoms with Crippen molar-refractivity contribution in [3.8, 4) is 0 Å². The number of aryl methyl sites for hydroxylation is 2. The molecule has 0 aliphatic rings. The predicted molar refractivity (Wildman–Crippen MR) is 101 cm³/mol. The van der Waals surface area contributed by atoms with Crippen LogP contribution in [-0.2, 0) is 14.8 Å². The molecular formula is C18H20N2O6S. The SMILES string of the molecule is CCOC(=O)c1ccc(C)c(N(C)S(=O)(=O)c2cc([N+](=O)[O-])ccc2C)c1. The van der Waals surface area contributed by atoms with Crippen molar-refractivity contribution in [3.63, 3.8) is 0 Å². The standard InChI is InChI=1S/C18H20N2O6S/c1-5-26-18(21)14-8-6-12(2)16(10-14)19(4)27(24,25)17-11-15(20(22)23)9-7-13(17)3/h6-11H,5H2,1-4H3. The molecule has 9 heteroatoms. The Hall–Kier alpha value is -2.94. The topological polar surface area (TPSA) is 107 Å². The molecule has 0 aliphatic heterocycles. The lowest BCUT2D eigenvalue weighted by molar-refractivity contribution is -0.385. The first-order chi connectivity index (χ1) is 12.6. The fourth-order valence-corrected chi connectivity index (χ4v) is 4.04. The second kappa shape index (κ2) is 7.75. The van der Waals surface area contributed by atoms with Gasteiger partial charge in [0.1, 0.15) is 0 Å². The summed E-state index contributed by atoms with van der Waals surface area (Å²) in [7, 11) is -2.74. The third-order valence-corrected chi connectivity index (χ3v) is 5.99. The van der Waals surface area contributed by atoms with E-state index in [9.17, 15) is 23.3 Å². The fraction of sp³-hybridized carbons (Fsp3) is 0.278. The highest BCUT2D eigenvalue weighted by atomic mass is 32.2. The summed E-state index contributed by atoms with van der Waals surface area (Å²) in [5, 5.41) is 11.0. The zero-order chi connectivity index (χ0) is 20.4. The second-order valence-corrected chi connectivity index (χ2v) is 7.84.